The smallest absolute Gasteiger partial charge is 0.229 e. The fourth-order valence-electron chi connectivity index (χ4n) is 2.31. The number of aryl methyl sites for hydroxylation is 2. The van der Waals surface area contributed by atoms with Crippen molar-refractivity contribution in [1.29, 1.82) is 0 Å². The summed E-state index contributed by atoms with van der Waals surface area (Å²) >= 11 is 0. The Hall–Kier alpha value is -1.68. The van der Waals surface area contributed by atoms with Crippen LogP contribution in [-0.2, 0) is 9.59 Å². The fraction of sp³-hybridized carbons (Fsp3) is 0.429. The number of benzene rings is 1. The van der Waals surface area contributed by atoms with Gasteiger partial charge in [0.1, 0.15) is 0 Å². The Morgan fingerprint density at radius 2 is 1.61 bits per heavy atom. The first-order valence-electron chi connectivity index (χ1n) is 6.07. The molecular formula is C14H17NO3. The molecule has 0 radical (unpaired) electrons. The van der Waals surface area contributed by atoms with Crippen molar-refractivity contribution in [2.24, 2.45) is 0 Å². The van der Waals surface area contributed by atoms with E-state index in [-0.39, 0.29) is 31.2 Å². The van der Waals surface area contributed by atoms with Gasteiger partial charge in [0, 0.05) is 12.8 Å². The van der Waals surface area contributed by atoms with Gasteiger partial charge in [-0.15, -0.1) is 0 Å². The second-order valence-corrected chi connectivity index (χ2v) is 4.83. The van der Waals surface area contributed by atoms with E-state index in [1.165, 1.54) is 0 Å². The van der Waals surface area contributed by atoms with Gasteiger partial charge in [0.15, 0.2) is 0 Å². The van der Waals surface area contributed by atoms with Crippen LogP contribution < -0.4 is 0 Å². The molecule has 1 aromatic carbocycles. The van der Waals surface area contributed by atoms with Gasteiger partial charge in [0.05, 0.1) is 12.6 Å². The number of nitrogens with zero attached hydrogens (tertiary/aromatic N) is 1. The van der Waals surface area contributed by atoms with Crippen LogP contribution in [0.2, 0.25) is 0 Å². The van der Waals surface area contributed by atoms with Crippen molar-refractivity contribution < 1.29 is 14.7 Å². The standard InChI is InChI=1S/C14H17NO3/c1-9-5-10(2)7-11(6-9)12(16)8-15-13(17)3-4-14(15)18/h5-7,12,16H,3-4,8H2,1-2H3. The minimum atomic E-state index is -0.811. The number of aliphatic hydroxyl groups is 1. The highest BCUT2D eigenvalue weighted by Gasteiger charge is 2.30. The highest BCUT2D eigenvalue weighted by molar-refractivity contribution is 6.01. The van der Waals surface area contributed by atoms with E-state index in [0.717, 1.165) is 21.6 Å². The van der Waals surface area contributed by atoms with E-state index in [2.05, 4.69) is 0 Å². The fourth-order valence-corrected chi connectivity index (χ4v) is 2.31. The van der Waals surface area contributed by atoms with Gasteiger partial charge in [-0.1, -0.05) is 29.3 Å². The molecule has 1 fully saturated rings. The third kappa shape index (κ3) is 2.59. The molecular weight excluding hydrogens is 230 g/mol. The molecule has 0 bridgehead atoms. The van der Waals surface area contributed by atoms with Crippen molar-refractivity contribution >= 4 is 11.8 Å². The third-order valence-corrected chi connectivity index (χ3v) is 3.14. The largest absolute Gasteiger partial charge is 0.387 e. The zero-order valence-corrected chi connectivity index (χ0v) is 10.6. The highest BCUT2D eigenvalue weighted by atomic mass is 16.3. The molecule has 1 heterocycles. The van der Waals surface area contributed by atoms with Crippen molar-refractivity contribution in [3.8, 4) is 0 Å². The maximum atomic E-state index is 11.5. The summed E-state index contributed by atoms with van der Waals surface area (Å²) in [7, 11) is 0. The predicted octanol–water partition coefficient (Wildman–Crippen LogP) is 1.49. The number of carbonyl (C=O) groups is 2. The van der Waals surface area contributed by atoms with E-state index in [0.29, 0.717) is 0 Å². The minimum Gasteiger partial charge on any atom is -0.387 e. The van der Waals surface area contributed by atoms with Crippen LogP contribution in [0.1, 0.15) is 35.6 Å². The molecule has 18 heavy (non-hydrogen) atoms. The Kier molecular flexibility index (Phi) is 3.48. The minimum absolute atomic E-state index is 0.0561. The quantitative estimate of drug-likeness (QED) is 0.823. The number of β-amino-alcohol motifs (C(OH)–C–C–N with tert-alkyl or cyclic N) is 1. The first-order valence-corrected chi connectivity index (χ1v) is 6.07. The van der Waals surface area contributed by atoms with Crippen LogP contribution in [0.3, 0.4) is 0 Å². The van der Waals surface area contributed by atoms with Crippen LogP contribution in [0.5, 0.6) is 0 Å². The summed E-state index contributed by atoms with van der Waals surface area (Å²) in [5, 5.41) is 10.1. The van der Waals surface area contributed by atoms with Crippen LogP contribution in [0.15, 0.2) is 18.2 Å². The van der Waals surface area contributed by atoms with Crippen LogP contribution in [0.25, 0.3) is 0 Å². The molecule has 0 spiro atoms. The Morgan fingerprint density at radius 3 is 2.11 bits per heavy atom. The first kappa shape index (κ1) is 12.8. The average Bonchev–Trinajstić information content (AvgIpc) is 2.59. The molecule has 1 atom stereocenters. The lowest BCUT2D eigenvalue weighted by Gasteiger charge is -2.19. The van der Waals surface area contributed by atoms with Gasteiger partial charge in [-0.05, 0) is 19.4 Å². The number of hydrogen-bond acceptors (Lipinski definition) is 3. The van der Waals surface area contributed by atoms with Gasteiger partial charge >= 0.3 is 0 Å². The molecule has 1 aliphatic rings. The number of hydrogen-bond donors (Lipinski definition) is 1. The number of rotatable bonds is 3. The van der Waals surface area contributed by atoms with Crippen molar-refractivity contribution in [2.75, 3.05) is 6.54 Å². The zero-order valence-electron chi connectivity index (χ0n) is 10.6. The first-order chi connectivity index (χ1) is 8.47. The molecule has 1 N–H and O–H groups in total. The Bertz CT molecular complexity index is 460. The summed E-state index contributed by atoms with van der Waals surface area (Å²) in [4.78, 5) is 24.1. The number of amides is 2. The Morgan fingerprint density at radius 1 is 1.11 bits per heavy atom. The molecule has 1 unspecified atom stereocenters. The molecule has 2 amide bonds. The van der Waals surface area contributed by atoms with Crippen molar-refractivity contribution in [1.82, 2.24) is 4.90 Å². The average molecular weight is 247 g/mol. The molecule has 0 aromatic heterocycles. The molecule has 1 aromatic rings. The molecule has 0 saturated carbocycles. The van der Waals surface area contributed by atoms with Gasteiger partial charge in [-0.2, -0.15) is 0 Å². The molecule has 1 saturated heterocycles. The van der Waals surface area contributed by atoms with Crippen molar-refractivity contribution in [3.05, 3.63) is 34.9 Å². The van der Waals surface area contributed by atoms with Crippen molar-refractivity contribution in [2.45, 2.75) is 32.8 Å². The van der Waals surface area contributed by atoms with Gasteiger partial charge in [0.2, 0.25) is 11.8 Å². The van der Waals surface area contributed by atoms with Gasteiger partial charge < -0.3 is 5.11 Å². The normalized spacial score (nSPS) is 17.4. The van der Waals surface area contributed by atoms with Crippen molar-refractivity contribution in [3.63, 3.8) is 0 Å². The highest BCUT2D eigenvalue weighted by Crippen LogP contribution is 2.21. The molecule has 0 aliphatic carbocycles. The van der Waals surface area contributed by atoms with E-state index in [9.17, 15) is 14.7 Å². The topological polar surface area (TPSA) is 57.6 Å². The Balaban J connectivity index is 2.14. The molecule has 96 valence electrons. The van der Waals surface area contributed by atoms with E-state index in [4.69, 9.17) is 0 Å². The van der Waals surface area contributed by atoms with E-state index >= 15 is 0 Å². The van der Waals surface area contributed by atoms with Gasteiger partial charge in [-0.3, -0.25) is 14.5 Å². The maximum absolute atomic E-state index is 11.5. The van der Waals surface area contributed by atoms with Crippen LogP contribution in [0, 0.1) is 13.8 Å². The SMILES string of the molecule is Cc1cc(C)cc(C(O)CN2C(=O)CCC2=O)c1. The molecule has 2 rings (SSSR count). The summed E-state index contributed by atoms with van der Waals surface area (Å²) in [6, 6.07) is 5.77. The van der Waals surface area contributed by atoms with Crippen LogP contribution in [0.4, 0.5) is 0 Å². The molecule has 4 heteroatoms. The Labute approximate surface area is 106 Å². The predicted molar refractivity (Wildman–Crippen MR) is 66.8 cm³/mol. The number of carbonyl (C=O) groups excluding carboxylic acids is 2. The summed E-state index contributed by atoms with van der Waals surface area (Å²) in [6.45, 7) is 3.96. The lowest BCUT2D eigenvalue weighted by atomic mass is 10.0. The summed E-state index contributed by atoms with van der Waals surface area (Å²) in [5.74, 6) is -0.383. The lowest BCUT2D eigenvalue weighted by molar-refractivity contribution is -0.140. The second kappa shape index (κ2) is 4.90. The monoisotopic (exact) mass is 247 g/mol. The molecule has 1 aliphatic heterocycles. The van der Waals surface area contributed by atoms with E-state index in [1.807, 2.05) is 32.0 Å². The van der Waals surface area contributed by atoms with E-state index in [1.54, 1.807) is 0 Å². The lowest BCUT2D eigenvalue weighted by Crippen LogP contribution is -2.33. The van der Waals surface area contributed by atoms with Gasteiger partial charge in [-0.25, -0.2) is 0 Å². The maximum Gasteiger partial charge on any atom is 0.229 e. The summed E-state index contributed by atoms with van der Waals surface area (Å²) in [6.07, 6.45) is -0.286. The second-order valence-electron chi connectivity index (χ2n) is 4.83. The number of likely N-dealkylation sites (tertiary alicyclic amines) is 1. The number of imide groups is 1. The third-order valence-electron chi connectivity index (χ3n) is 3.14. The molecule has 4 nitrogen and oxygen atoms in total. The summed E-state index contributed by atoms with van der Waals surface area (Å²) in [5.41, 5.74) is 2.87. The number of aliphatic hydroxyl groups excluding tert-OH is 1. The zero-order chi connectivity index (χ0) is 13.3. The summed E-state index contributed by atoms with van der Waals surface area (Å²) < 4.78 is 0. The van der Waals surface area contributed by atoms with Gasteiger partial charge in [0.25, 0.3) is 0 Å². The van der Waals surface area contributed by atoms with Crippen LogP contribution >= 0.6 is 0 Å². The van der Waals surface area contributed by atoms with Crippen LogP contribution in [-0.4, -0.2) is 28.4 Å². The van der Waals surface area contributed by atoms with E-state index < -0.39 is 6.10 Å².